The Bertz CT molecular complexity index is 555. The van der Waals surface area contributed by atoms with Crippen molar-refractivity contribution in [1.82, 2.24) is 15.0 Å². The van der Waals surface area contributed by atoms with Crippen molar-refractivity contribution in [3.8, 4) is 11.1 Å². The van der Waals surface area contributed by atoms with Gasteiger partial charge in [0.15, 0.2) is 0 Å². The van der Waals surface area contributed by atoms with E-state index in [4.69, 9.17) is 11.6 Å². The summed E-state index contributed by atoms with van der Waals surface area (Å²) in [7, 11) is 0. The van der Waals surface area contributed by atoms with E-state index < -0.39 is 5.82 Å². The van der Waals surface area contributed by atoms with Gasteiger partial charge in [0, 0.05) is 11.8 Å². The molecule has 0 amide bonds. The van der Waals surface area contributed by atoms with Gasteiger partial charge in [0.25, 0.3) is 5.56 Å². The van der Waals surface area contributed by atoms with Crippen LogP contribution in [0.15, 0.2) is 29.6 Å². The van der Waals surface area contributed by atoms with E-state index in [0.29, 0.717) is 0 Å². The van der Waals surface area contributed by atoms with Crippen LogP contribution in [-0.2, 0) is 0 Å². The average molecular weight is 226 g/mol. The molecule has 0 atom stereocenters. The summed E-state index contributed by atoms with van der Waals surface area (Å²) in [4.78, 5) is 21.1. The molecule has 4 nitrogen and oxygen atoms in total. The van der Waals surface area contributed by atoms with Crippen molar-refractivity contribution < 1.29 is 4.39 Å². The Kier molecular flexibility index (Phi) is 2.47. The molecule has 0 aliphatic carbocycles. The molecule has 0 saturated carbocycles. The minimum atomic E-state index is -0.558. The summed E-state index contributed by atoms with van der Waals surface area (Å²) in [5, 5.41) is 0.0647. The van der Waals surface area contributed by atoms with Gasteiger partial charge in [-0.05, 0) is 6.07 Å². The molecular formula is C9H5ClFN3O. The quantitative estimate of drug-likeness (QED) is 0.751. The van der Waals surface area contributed by atoms with Crippen LogP contribution < -0.4 is 5.56 Å². The summed E-state index contributed by atoms with van der Waals surface area (Å²) in [6.45, 7) is 0. The van der Waals surface area contributed by atoms with Gasteiger partial charge in [-0.25, -0.2) is 14.4 Å². The normalized spacial score (nSPS) is 10.3. The second kappa shape index (κ2) is 3.78. The molecule has 0 aliphatic rings. The maximum Gasteiger partial charge on any atom is 0.258 e. The molecule has 2 aromatic heterocycles. The van der Waals surface area contributed by atoms with Crippen LogP contribution in [0, 0.1) is 5.82 Å². The minimum Gasteiger partial charge on any atom is -0.313 e. The minimum absolute atomic E-state index is 0.0647. The molecule has 1 N–H and O–H groups in total. The first-order chi connectivity index (χ1) is 7.18. The van der Waals surface area contributed by atoms with Crippen molar-refractivity contribution >= 4 is 11.6 Å². The van der Waals surface area contributed by atoms with Gasteiger partial charge in [0.2, 0.25) is 0 Å². The SMILES string of the molecule is O=c1[nH]cncc1-c1cc(F)cnc1Cl. The van der Waals surface area contributed by atoms with Crippen molar-refractivity contribution in [2.24, 2.45) is 0 Å². The number of rotatable bonds is 1. The first-order valence-corrected chi connectivity index (χ1v) is 4.40. The number of halogens is 2. The van der Waals surface area contributed by atoms with E-state index in [2.05, 4.69) is 15.0 Å². The molecule has 2 heterocycles. The fourth-order valence-electron chi connectivity index (χ4n) is 1.15. The predicted molar refractivity (Wildman–Crippen MR) is 53.1 cm³/mol. The second-order valence-electron chi connectivity index (χ2n) is 2.79. The smallest absolute Gasteiger partial charge is 0.258 e. The van der Waals surface area contributed by atoms with Crippen molar-refractivity contribution in [2.45, 2.75) is 0 Å². The number of nitrogens with zero attached hydrogens (tertiary/aromatic N) is 2. The number of hydrogen-bond donors (Lipinski definition) is 1. The molecular weight excluding hydrogens is 221 g/mol. The van der Waals surface area contributed by atoms with Crippen LogP contribution in [0.5, 0.6) is 0 Å². The van der Waals surface area contributed by atoms with Crippen LogP contribution in [-0.4, -0.2) is 15.0 Å². The highest BCUT2D eigenvalue weighted by Gasteiger charge is 2.09. The van der Waals surface area contributed by atoms with E-state index in [1.54, 1.807) is 0 Å². The molecule has 6 heteroatoms. The zero-order valence-electron chi connectivity index (χ0n) is 7.37. The molecule has 0 fully saturated rings. The highest BCUT2D eigenvalue weighted by Crippen LogP contribution is 2.22. The standard InChI is InChI=1S/C9H5ClFN3O/c10-8-6(1-5(11)2-13-8)7-3-12-4-14-9(7)15/h1-4H,(H,12,14,15). The number of aromatic amines is 1. The van der Waals surface area contributed by atoms with Gasteiger partial charge in [0.1, 0.15) is 11.0 Å². The maximum absolute atomic E-state index is 12.9. The van der Waals surface area contributed by atoms with Crippen LogP contribution in [0.25, 0.3) is 11.1 Å². The van der Waals surface area contributed by atoms with Gasteiger partial charge in [-0.15, -0.1) is 0 Å². The lowest BCUT2D eigenvalue weighted by atomic mass is 10.1. The Balaban J connectivity index is 2.69. The van der Waals surface area contributed by atoms with Gasteiger partial charge in [-0.1, -0.05) is 11.6 Å². The van der Waals surface area contributed by atoms with E-state index in [9.17, 15) is 9.18 Å². The first kappa shape index (κ1) is 9.79. The zero-order chi connectivity index (χ0) is 10.8. The van der Waals surface area contributed by atoms with E-state index in [1.807, 2.05) is 0 Å². The predicted octanol–water partition coefficient (Wildman–Crippen LogP) is 1.62. The third kappa shape index (κ3) is 1.87. The zero-order valence-corrected chi connectivity index (χ0v) is 8.12. The van der Waals surface area contributed by atoms with Gasteiger partial charge in [0.05, 0.1) is 18.1 Å². The average Bonchev–Trinajstić information content (AvgIpc) is 2.23. The lowest BCUT2D eigenvalue weighted by molar-refractivity contribution is 0.622. The van der Waals surface area contributed by atoms with Crippen LogP contribution in [0.3, 0.4) is 0 Å². The van der Waals surface area contributed by atoms with E-state index in [1.165, 1.54) is 12.5 Å². The largest absolute Gasteiger partial charge is 0.313 e. The molecule has 2 aromatic rings. The number of pyridine rings is 1. The van der Waals surface area contributed by atoms with Crippen molar-refractivity contribution in [1.29, 1.82) is 0 Å². The molecule has 0 aromatic carbocycles. The third-order valence-electron chi connectivity index (χ3n) is 1.81. The summed E-state index contributed by atoms with van der Waals surface area (Å²) in [5.74, 6) is -0.558. The maximum atomic E-state index is 12.9. The number of hydrogen-bond acceptors (Lipinski definition) is 3. The second-order valence-corrected chi connectivity index (χ2v) is 3.14. The highest BCUT2D eigenvalue weighted by atomic mass is 35.5. The summed E-state index contributed by atoms with van der Waals surface area (Å²) < 4.78 is 12.9. The summed E-state index contributed by atoms with van der Waals surface area (Å²) in [6, 6.07) is 1.14. The lowest BCUT2D eigenvalue weighted by Gasteiger charge is -2.01. The lowest BCUT2D eigenvalue weighted by Crippen LogP contribution is -2.09. The van der Waals surface area contributed by atoms with Crippen LogP contribution >= 0.6 is 11.6 Å². The fourth-order valence-corrected chi connectivity index (χ4v) is 1.35. The third-order valence-corrected chi connectivity index (χ3v) is 2.12. The molecule has 2 rings (SSSR count). The van der Waals surface area contributed by atoms with E-state index in [0.717, 1.165) is 12.3 Å². The Hall–Kier alpha value is -1.75. The number of H-pyrrole nitrogens is 1. The van der Waals surface area contributed by atoms with Crippen LogP contribution in [0.1, 0.15) is 0 Å². The molecule has 0 saturated heterocycles. The summed E-state index contributed by atoms with van der Waals surface area (Å²) >= 11 is 5.74. The van der Waals surface area contributed by atoms with Crippen molar-refractivity contribution in [3.05, 3.63) is 46.1 Å². The van der Waals surface area contributed by atoms with Crippen molar-refractivity contribution in [3.63, 3.8) is 0 Å². The van der Waals surface area contributed by atoms with Crippen molar-refractivity contribution in [2.75, 3.05) is 0 Å². The van der Waals surface area contributed by atoms with E-state index in [-0.39, 0.29) is 21.8 Å². The number of aromatic nitrogens is 3. The fraction of sp³-hybridized carbons (Fsp3) is 0. The topological polar surface area (TPSA) is 58.6 Å². The summed E-state index contributed by atoms with van der Waals surface area (Å²) in [5.41, 5.74) is 0.0276. The summed E-state index contributed by atoms with van der Waals surface area (Å²) in [6.07, 6.45) is 3.53. The molecule has 15 heavy (non-hydrogen) atoms. The molecule has 0 radical (unpaired) electrons. The van der Waals surface area contributed by atoms with Crippen LogP contribution in [0.4, 0.5) is 4.39 Å². The van der Waals surface area contributed by atoms with Gasteiger partial charge in [-0.3, -0.25) is 4.79 Å². The first-order valence-electron chi connectivity index (χ1n) is 4.02. The molecule has 76 valence electrons. The highest BCUT2D eigenvalue weighted by molar-refractivity contribution is 6.32. The monoisotopic (exact) mass is 225 g/mol. The Labute approximate surface area is 88.8 Å². The van der Waals surface area contributed by atoms with Crippen LogP contribution in [0.2, 0.25) is 5.15 Å². The Morgan fingerprint density at radius 3 is 2.87 bits per heavy atom. The van der Waals surface area contributed by atoms with Gasteiger partial charge < -0.3 is 4.98 Å². The molecule has 0 spiro atoms. The van der Waals surface area contributed by atoms with Gasteiger partial charge >= 0.3 is 0 Å². The van der Waals surface area contributed by atoms with E-state index >= 15 is 0 Å². The molecule has 0 bridgehead atoms. The Morgan fingerprint density at radius 1 is 1.33 bits per heavy atom. The Morgan fingerprint density at radius 2 is 2.13 bits per heavy atom. The number of nitrogens with one attached hydrogen (secondary N) is 1. The molecule has 0 unspecified atom stereocenters. The molecule has 0 aliphatic heterocycles. The van der Waals surface area contributed by atoms with Gasteiger partial charge in [-0.2, -0.15) is 0 Å².